The Hall–Kier alpha value is -2.82. The molecule has 1 aliphatic carbocycles. The summed E-state index contributed by atoms with van der Waals surface area (Å²) in [5, 5.41) is 2.72. The summed E-state index contributed by atoms with van der Waals surface area (Å²) in [6, 6.07) is 16.4. The zero-order chi connectivity index (χ0) is 16.9. The standard InChI is InChI=1S/C19H19NO4/c1-13-11-15(13)19(22)23-12-18(21)20-16-9-5-6-10-17(16)24-14-7-3-2-4-8-14/h2-10,13,15H,11-12H2,1H3,(H,20,21)/t13-,15+/m1/s1. The molecule has 1 N–H and O–H groups in total. The molecule has 1 fully saturated rings. The molecule has 124 valence electrons. The minimum absolute atomic E-state index is 0.0495. The topological polar surface area (TPSA) is 64.6 Å². The van der Waals surface area contributed by atoms with Crippen molar-refractivity contribution in [1.82, 2.24) is 0 Å². The van der Waals surface area contributed by atoms with Crippen LogP contribution in [0.25, 0.3) is 0 Å². The number of amides is 1. The van der Waals surface area contributed by atoms with Crippen LogP contribution in [0.4, 0.5) is 5.69 Å². The molecule has 2 aromatic rings. The number of para-hydroxylation sites is 3. The third kappa shape index (κ3) is 4.13. The summed E-state index contributed by atoms with van der Waals surface area (Å²) in [6.45, 7) is 1.70. The van der Waals surface area contributed by atoms with E-state index in [9.17, 15) is 9.59 Å². The molecular weight excluding hydrogens is 306 g/mol. The summed E-state index contributed by atoms with van der Waals surface area (Å²) in [5.41, 5.74) is 0.530. The number of carbonyl (C=O) groups is 2. The summed E-state index contributed by atoms with van der Waals surface area (Å²) in [4.78, 5) is 23.7. The van der Waals surface area contributed by atoms with E-state index in [-0.39, 0.29) is 24.4 Å². The fraction of sp³-hybridized carbons (Fsp3) is 0.263. The average Bonchev–Trinajstić information content (AvgIpc) is 3.32. The van der Waals surface area contributed by atoms with Gasteiger partial charge in [-0.3, -0.25) is 9.59 Å². The van der Waals surface area contributed by atoms with E-state index >= 15 is 0 Å². The van der Waals surface area contributed by atoms with Crippen LogP contribution in [-0.4, -0.2) is 18.5 Å². The van der Waals surface area contributed by atoms with E-state index in [0.29, 0.717) is 23.1 Å². The molecule has 3 rings (SSSR count). The molecule has 0 heterocycles. The van der Waals surface area contributed by atoms with Crippen LogP contribution >= 0.6 is 0 Å². The van der Waals surface area contributed by atoms with Crippen molar-refractivity contribution in [3.05, 3.63) is 54.6 Å². The first kappa shape index (κ1) is 16.1. The van der Waals surface area contributed by atoms with Crippen molar-refractivity contribution in [3.63, 3.8) is 0 Å². The molecule has 0 spiro atoms. The lowest BCUT2D eigenvalue weighted by molar-refractivity contribution is -0.148. The number of hydrogen-bond acceptors (Lipinski definition) is 4. The van der Waals surface area contributed by atoms with E-state index in [2.05, 4.69) is 5.32 Å². The predicted molar refractivity (Wildman–Crippen MR) is 89.8 cm³/mol. The maximum absolute atomic E-state index is 12.0. The predicted octanol–water partition coefficient (Wildman–Crippen LogP) is 3.62. The highest BCUT2D eigenvalue weighted by Gasteiger charge is 2.40. The van der Waals surface area contributed by atoms with Crippen molar-refractivity contribution < 1.29 is 19.1 Å². The van der Waals surface area contributed by atoms with Crippen molar-refractivity contribution in [2.75, 3.05) is 11.9 Å². The minimum Gasteiger partial charge on any atom is -0.455 e. The minimum atomic E-state index is -0.388. The van der Waals surface area contributed by atoms with E-state index < -0.39 is 0 Å². The molecule has 0 unspecified atom stereocenters. The molecular formula is C19H19NO4. The monoisotopic (exact) mass is 325 g/mol. The summed E-state index contributed by atoms with van der Waals surface area (Å²) in [5.74, 6) is 0.826. The van der Waals surface area contributed by atoms with E-state index in [1.54, 1.807) is 18.2 Å². The van der Waals surface area contributed by atoms with Gasteiger partial charge in [0.15, 0.2) is 12.4 Å². The molecule has 0 radical (unpaired) electrons. The Kier molecular flexibility index (Phi) is 4.79. The average molecular weight is 325 g/mol. The highest BCUT2D eigenvalue weighted by Crippen LogP contribution is 2.38. The van der Waals surface area contributed by atoms with Crippen LogP contribution in [0, 0.1) is 11.8 Å². The highest BCUT2D eigenvalue weighted by atomic mass is 16.5. The second-order valence-corrected chi connectivity index (χ2v) is 5.89. The van der Waals surface area contributed by atoms with Gasteiger partial charge in [-0.05, 0) is 36.6 Å². The molecule has 5 heteroatoms. The number of nitrogens with one attached hydrogen (secondary N) is 1. The molecule has 1 saturated carbocycles. The van der Waals surface area contributed by atoms with Gasteiger partial charge in [-0.2, -0.15) is 0 Å². The molecule has 1 amide bonds. The van der Waals surface area contributed by atoms with Crippen LogP contribution in [0.15, 0.2) is 54.6 Å². The third-order valence-corrected chi connectivity index (χ3v) is 3.89. The van der Waals surface area contributed by atoms with Crippen molar-refractivity contribution in [3.8, 4) is 11.5 Å². The zero-order valence-electron chi connectivity index (χ0n) is 13.4. The first-order valence-corrected chi connectivity index (χ1v) is 7.92. The van der Waals surface area contributed by atoms with Gasteiger partial charge in [0.1, 0.15) is 5.75 Å². The molecule has 0 bridgehead atoms. The fourth-order valence-electron chi connectivity index (χ4n) is 2.35. The first-order valence-electron chi connectivity index (χ1n) is 7.92. The van der Waals surface area contributed by atoms with Crippen LogP contribution in [-0.2, 0) is 14.3 Å². The molecule has 0 saturated heterocycles. The lowest BCUT2D eigenvalue weighted by Crippen LogP contribution is -2.22. The van der Waals surface area contributed by atoms with Crippen LogP contribution in [0.2, 0.25) is 0 Å². The largest absolute Gasteiger partial charge is 0.455 e. The molecule has 0 aromatic heterocycles. The summed E-state index contributed by atoms with van der Waals surface area (Å²) >= 11 is 0. The Bertz CT molecular complexity index is 729. The maximum Gasteiger partial charge on any atom is 0.309 e. The number of benzene rings is 2. The van der Waals surface area contributed by atoms with E-state index in [0.717, 1.165) is 6.42 Å². The van der Waals surface area contributed by atoms with Gasteiger partial charge in [0.05, 0.1) is 11.6 Å². The number of esters is 1. The summed E-state index contributed by atoms with van der Waals surface area (Å²) < 4.78 is 10.8. The summed E-state index contributed by atoms with van der Waals surface area (Å²) in [6.07, 6.45) is 0.841. The van der Waals surface area contributed by atoms with Gasteiger partial charge in [-0.1, -0.05) is 37.3 Å². The second-order valence-electron chi connectivity index (χ2n) is 5.89. The lowest BCUT2D eigenvalue weighted by Gasteiger charge is -2.12. The number of ether oxygens (including phenoxy) is 2. The SMILES string of the molecule is C[C@@H]1C[C@@H]1C(=O)OCC(=O)Nc1ccccc1Oc1ccccc1. The van der Waals surface area contributed by atoms with Gasteiger partial charge in [0, 0.05) is 0 Å². The Balaban J connectivity index is 1.58. The normalized spacial score (nSPS) is 18.5. The molecule has 0 aliphatic heterocycles. The van der Waals surface area contributed by atoms with Crippen molar-refractivity contribution >= 4 is 17.6 Å². The first-order chi connectivity index (χ1) is 11.6. The van der Waals surface area contributed by atoms with Crippen molar-refractivity contribution in [2.45, 2.75) is 13.3 Å². The lowest BCUT2D eigenvalue weighted by atomic mass is 10.3. The second kappa shape index (κ2) is 7.17. The summed E-state index contributed by atoms with van der Waals surface area (Å²) in [7, 11) is 0. The van der Waals surface area contributed by atoms with Crippen LogP contribution in [0.1, 0.15) is 13.3 Å². The van der Waals surface area contributed by atoms with Gasteiger partial charge < -0.3 is 14.8 Å². The highest BCUT2D eigenvalue weighted by molar-refractivity contribution is 5.94. The van der Waals surface area contributed by atoms with Gasteiger partial charge in [-0.15, -0.1) is 0 Å². The smallest absolute Gasteiger partial charge is 0.309 e. The number of hydrogen-bond donors (Lipinski definition) is 1. The Morgan fingerprint density at radius 1 is 1.08 bits per heavy atom. The van der Waals surface area contributed by atoms with Gasteiger partial charge in [-0.25, -0.2) is 0 Å². The molecule has 24 heavy (non-hydrogen) atoms. The van der Waals surface area contributed by atoms with E-state index in [1.807, 2.05) is 43.3 Å². The van der Waals surface area contributed by atoms with Crippen LogP contribution in [0.5, 0.6) is 11.5 Å². The van der Waals surface area contributed by atoms with Crippen LogP contribution < -0.4 is 10.1 Å². The van der Waals surface area contributed by atoms with E-state index in [4.69, 9.17) is 9.47 Å². The molecule has 1 aliphatic rings. The van der Waals surface area contributed by atoms with E-state index in [1.165, 1.54) is 0 Å². The van der Waals surface area contributed by atoms with Gasteiger partial charge in [0.25, 0.3) is 5.91 Å². The van der Waals surface area contributed by atoms with Crippen molar-refractivity contribution in [1.29, 1.82) is 0 Å². The molecule has 2 aromatic carbocycles. The number of rotatable bonds is 6. The molecule has 5 nitrogen and oxygen atoms in total. The fourth-order valence-corrected chi connectivity index (χ4v) is 2.35. The maximum atomic E-state index is 12.0. The Morgan fingerprint density at radius 2 is 1.75 bits per heavy atom. The van der Waals surface area contributed by atoms with Gasteiger partial charge in [0.2, 0.25) is 0 Å². The third-order valence-electron chi connectivity index (χ3n) is 3.89. The van der Waals surface area contributed by atoms with Crippen LogP contribution in [0.3, 0.4) is 0 Å². The molecule has 2 atom stereocenters. The Morgan fingerprint density at radius 3 is 2.46 bits per heavy atom. The quantitative estimate of drug-likeness (QED) is 0.824. The van der Waals surface area contributed by atoms with Crippen molar-refractivity contribution in [2.24, 2.45) is 11.8 Å². The van der Waals surface area contributed by atoms with Gasteiger partial charge >= 0.3 is 5.97 Å². The number of anilines is 1. The zero-order valence-corrected chi connectivity index (χ0v) is 13.4. The number of carbonyl (C=O) groups excluding carboxylic acids is 2. The Labute approximate surface area is 140 Å².